The van der Waals surface area contributed by atoms with Crippen LogP contribution in [-0.4, -0.2) is 32.5 Å². The third kappa shape index (κ3) is 4.34. The number of aromatic nitrogens is 3. The van der Waals surface area contributed by atoms with Crippen LogP contribution in [0.25, 0.3) is 11.4 Å². The van der Waals surface area contributed by atoms with Crippen LogP contribution in [0.4, 0.5) is 0 Å². The van der Waals surface area contributed by atoms with Gasteiger partial charge in [0.05, 0.1) is 5.25 Å². The molecule has 1 heterocycles. The molecule has 2 aromatic rings. The Kier molecular flexibility index (Phi) is 5.82. The fourth-order valence-corrected chi connectivity index (χ4v) is 2.98. The Hall–Kier alpha value is -1.82. The van der Waals surface area contributed by atoms with Crippen LogP contribution in [0.5, 0.6) is 0 Å². The molecule has 0 aliphatic rings. The van der Waals surface area contributed by atoms with Crippen LogP contribution >= 0.6 is 11.8 Å². The van der Waals surface area contributed by atoms with Crippen molar-refractivity contribution in [1.29, 1.82) is 0 Å². The number of hydrogen-bond acceptors (Lipinski definition) is 4. The van der Waals surface area contributed by atoms with E-state index in [0.717, 1.165) is 22.1 Å². The van der Waals surface area contributed by atoms with E-state index < -0.39 is 0 Å². The van der Waals surface area contributed by atoms with Gasteiger partial charge in [-0.05, 0) is 25.3 Å². The number of benzene rings is 1. The van der Waals surface area contributed by atoms with Gasteiger partial charge in [-0.15, -0.1) is 10.2 Å². The van der Waals surface area contributed by atoms with E-state index in [1.54, 1.807) is 0 Å². The summed E-state index contributed by atoms with van der Waals surface area (Å²) in [7, 11) is 1.93. The summed E-state index contributed by atoms with van der Waals surface area (Å²) in [6.07, 6.45) is 0. The zero-order valence-electron chi connectivity index (χ0n) is 14.3. The number of thioether (sulfide) groups is 1. The lowest BCUT2D eigenvalue weighted by Crippen LogP contribution is -2.33. The standard InChI is InChI=1S/C17H24N4OS/c1-11(2)10-18-16(22)13(4)23-17-20-19-15(21(17)5)14-9-7-6-8-12(14)3/h6-9,11,13H,10H2,1-5H3,(H,18,22)/t13-/m0/s1. The fourth-order valence-electron chi connectivity index (χ4n) is 2.14. The zero-order valence-corrected chi connectivity index (χ0v) is 15.1. The SMILES string of the molecule is Cc1ccccc1-c1nnc(S[C@@H](C)C(=O)NCC(C)C)n1C. The lowest BCUT2D eigenvalue weighted by atomic mass is 10.1. The van der Waals surface area contributed by atoms with Crippen molar-refractivity contribution in [2.45, 2.75) is 38.1 Å². The summed E-state index contributed by atoms with van der Waals surface area (Å²) in [6.45, 7) is 8.79. The molecule has 0 spiro atoms. The second-order valence-electron chi connectivity index (χ2n) is 6.08. The molecule has 0 bridgehead atoms. The van der Waals surface area contributed by atoms with Gasteiger partial charge < -0.3 is 9.88 Å². The van der Waals surface area contributed by atoms with Crippen LogP contribution in [-0.2, 0) is 11.8 Å². The molecule has 0 aliphatic carbocycles. The molecule has 5 nitrogen and oxygen atoms in total. The molecule has 0 saturated heterocycles. The molecule has 23 heavy (non-hydrogen) atoms. The molecular weight excluding hydrogens is 308 g/mol. The van der Waals surface area contributed by atoms with Gasteiger partial charge in [0.25, 0.3) is 0 Å². The van der Waals surface area contributed by atoms with Gasteiger partial charge in [-0.2, -0.15) is 0 Å². The maximum atomic E-state index is 12.1. The second-order valence-corrected chi connectivity index (χ2v) is 7.39. The molecule has 0 aliphatic heterocycles. The van der Waals surface area contributed by atoms with Gasteiger partial charge in [0.2, 0.25) is 5.91 Å². The Morgan fingerprint density at radius 2 is 1.96 bits per heavy atom. The van der Waals surface area contributed by atoms with Crippen molar-refractivity contribution in [3.8, 4) is 11.4 Å². The van der Waals surface area contributed by atoms with E-state index in [0.29, 0.717) is 12.5 Å². The summed E-state index contributed by atoms with van der Waals surface area (Å²) < 4.78 is 1.94. The first kappa shape index (κ1) is 17.5. The van der Waals surface area contributed by atoms with Crippen molar-refractivity contribution in [2.75, 3.05) is 6.54 Å². The summed E-state index contributed by atoms with van der Waals surface area (Å²) in [5.41, 5.74) is 2.22. The molecule has 1 atom stereocenters. The Morgan fingerprint density at radius 3 is 2.61 bits per heavy atom. The summed E-state index contributed by atoms with van der Waals surface area (Å²) in [5.74, 6) is 1.29. The van der Waals surface area contributed by atoms with Gasteiger partial charge in [-0.25, -0.2) is 0 Å². The molecule has 124 valence electrons. The third-order valence-corrected chi connectivity index (χ3v) is 4.69. The van der Waals surface area contributed by atoms with Crippen molar-refractivity contribution >= 4 is 17.7 Å². The van der Waals surface area contributed by atoms with E-state index in [-0.39, 0.29) is 11.2 Å². The van der Waals surface area contributed by atoms with Crippen molar-refractivity contribution in [3.05, 3.63) is 29.8 Å². The number of carbonyl (C=O) groups excluding carboxylic acids is 1. The highest BCUT2D eigenvalue weighted by molar-refractivity contribution is 8.00. The number of aryl methyl sites for hydroxylation is 1. The van der Waals surface area contributed by atoms with Crippen molar-refractivity contribution in [1.82, 2.24) is 20.1 Å². The smallest absolute Gasteiger partial charge is 0.233 e. The molecule has 0 radical (unpaired) electrons. The molecule has 1 amide bonds. The molecule has 1 aromatic carbocycles. The molecule has 2 rings (SSSR count). The highest BCUT2D eigenvalue weighted by atomic mass is 32.2. The maximum Gasteiger partial charge on any atom is 0.233 e. The normalized spacial score (nSPS) is 12.4. The predicted octanol–water partition coefficient (Wildman–Crippen LogP) is 3.04. The van der Waals surface area contributed by atoms with Crippen LogP contribution in [0.3, 0.4) is 0 Å². The van der Waals surface area contributed by atoms with E-state index in [2.05, 4.69) is 42.4 Å². The van der Waals surface area contributed by atoms with Gasteiger partial charge in [0, 0.05) is 19.2 Å². The number of amides is 1. The molecule has 1 aromatic heterocycles. The van der Waals surface area contributed by atoms with E-state index in [1.165, 1.54) is 11.8 Å². The molecule has 0 fully saturated rings. The van der Waals surface area contributed by atoms with Gasteiger partial charge in [0.15, 0.2) is 11.0 Å². The second kappa shape index (κ2) is 7.64. The first-order chi connectivity index (χ1) is 10.9. The van der Waals surface area contributed by atoms with Crippen molar-refractivity contribution in [3.63, 3.8) is 0 Å². The Morgan fingerprint density at radius 1 is 1.26 bits per heavy atom. The molecule has 0 unspecified atom stereocenters. The van der Waals surface area contributed by atoms with Crippen LogP contribution in [0, 0.1) is 12.8 Å². The zero-order chi connectivity index (χ0) is 17.0. The van der Waals surface area contributed by atoms with E-state index >= 15 is 0 Å². The van der Waals surface area contributed by atoms with Crippen LogP contribution in [0.15, 0.2) is 29.4 Å². The van der Waals surface area contributed by atoms with Crippen LogP contribution in [0.1, 0.15) is 26.3 Å². The summed E-state index contributed by atoms with van der Waals surface area (Å²) in [6, 6.07) is 8.09. The highest BCUT2D eigenvalue weighted by Gasteiger charge is 2.19. The minimum Gasteiger partial charge on any atom is -0.355 e. The fraction of sp³-hybridized carbons (Fsp3) is 0.471. The molecule has 0 saturated carbocycles. The average molecular weight is 332 g/mol. The third-order valence-electron chi connectivity index (χ3n) is 3.56. The van der Waals surface area contributed by atoms with Gasteiger partial charge >= 0.3 is 0 Å². The van der Waals surface area contributed by atoms with Gasteiger partial charge in [-0.1, -0.05) is 49.9 Å². The van der Waals surface area contributed by atoms with E-state index in [1.807, 2.05) is 36.7 Å². The highest BCUT2D eigenvalue weighted by Crippen LogP contribution is 2.27. The number of carbonyl (C=O) groups is 1. The monoisotopic (exact) mass is 332 g/mol. The van der Waals surface area contributed by atoms with Gasteiger partial charge in [-0.3, -0.25) is 4.79 Å². The summed E-state index contributed by atoms with van der Waals surface area (Å²) >= 11 is 1.43. The largest absolute Gasteiger partial charge is 0.355 e. The molecular formula is C17H24N4OS. The topological polar surface area (TPSA) is 59.8 Å². The number of rotatable bonds is 6. The Bertz CT molecular complexity index is 681. The van der Waals surface area contributed by atoms with Gasteiger partial charge in [0.1, 0.15) is 0 Å². The van der Waals surface area contributed by atoms with Crippen molar-refractivity contribution < 1.29 is 4.79 Å². The van der Waals surface area contributed by atoms with Crippen LogP contribution < -0.4 is 5.32 Å². The first-order valence-corrected chi connectivity index (χ1v) is 8.68. The minimum absolute atomic E-state index is 0.0316. The lowest BCUT2D eigenvalue weighted by Gasteiger charge is -2.13. The molecule has 6 heteroatoms. The predicted molar refractivity (Wildman–Crippen MR) is 94.3 cm³/mol. The van der Waals surface area contributed by atoms with Crippen LogP contribution in [0.2, 0.25) is 0 Å². The maximum absolute atomic E-state index is 12.1. The lowest BCUT2D eigenvalue weighted by molar-refractivity contribution is -0.120. The Labute approximate surface area is 141 Å². The minimum atomic E-state index is -0.207. The average Bonchev–Trinajstić information content (AvgIpc) is 2.86. The number of hydrogen-bond donors (Lipinski definition) is 1. The quantitative estimate of drug-likeness (QED) is 0.826. The molecule has 1 N–H and O–H groups in total. The van der Waals surface area contributed by atoms with E-state index in [9.17, 15) is 4.79 Å². The Balaban J connectivity index is 2.11. The summed E-state index contributed by atoms with van der Waals surface area (Å²) in [5, 5.41) is 12.0. The van der Waals surface area contributed by atoms with E-state index in [4.69, 9.17) is 0 Å². The summed E-state index contributed by atoms with van der Waals surface area (Å²) in [4.78, 5) is 12.1. The first-order valence-electron chi connectivity index (χ1n) is 7.80. The number of nitrogens with zero attached hydrogens (tertiary/aromatic N) is 3. The van der Waals surface area contributed by atoms with Crippen molar-refractivity contribution in [2.24, 2.45) is 13.0 Å². The number of nitrogens with one attached hydrogen (secondary N) is 1.